The van der Waals surface area contributed by atoms with E-state index >= 15 is 0 Å². The van der Waals surface area contributed by atoms with E-state index in [9.17, 15) is 9.59 Å². The molecule has 0 aliphatic rings. The number of alkyl carbamates (subject to hydrolysis) is 2. The minimum atomic E-state index is -0.575. The minimum absolute atomic E-state index is 0.130. The maximum atomic E-state index is 12.5. The summed E-state index contributed by atoms with van der Waals surface area (Å²) in [6.45, 7) is 11.1. The third kappa shape index (κ3) is 13.7. The number of nitrogens with one attached hydrogen (secondary N) is 2. The van der Waals surface area contributed by atoms with Crippen molar-refractivity contribution in [1.82, 2.24) is 10.6 Å². The molecule has 0 aliphatic carbocycles. The molecule has 198 valence electrons. The van der Waals surface area contributed by atoms with Crippen LogP contribution in [0, 0.1) is 0 Å². The largest absolute Gasteiger partial charge is 0.444 e. The quantitative estimate of drug-likeness (QED) is 0.300. The van der Waals surface area contributed by atoms with Crippen molar-refractivity contribution >= 4 is 35.7 Å². The highest BCUT2D eigenvalue weighted by Crippen LogP contribution is 2.23. The summed E-state index contributed by atoms with van der Waals surface area (Å²) in [4.78, 5) is 27.3. The molecule has 0 bridgehead atoms. The lowest BCUT2D eigenvalue weighted by Crippen LogP contribution is -2.43. The van der Waals surface area contributed by atoms with E-state index in [-0.39, 0.29) is 12.1 Å². The molecule has 0 heterocycles. The van der Waals surface area contributed by atoms with Gasteiger partial charge in [0.1, 0.15) is 11.2 Å². The number of ether oxygens (including phenoxy) is 2. The molecular formula is C28H40N2O4S2. The van der Waals surface area contributed by atoms with E-state index in [0.717, 1.165) is 9.79 Å². The van der Waals surface area contributed by atoms with Gasteiger partial charge in [0, 0.05) is 33.4 Å². The smallest absolute Gasteiger partial charge is 0.407 e. The van der Waals surface area contributed by atoms with Crippen molar-refractivity contribution in [1.29, 1.82) is 0 Å². The molecule has 2 aromatic rings. The molecule has 2 atom stereocenters. The Bertz CT molecular complexity index is 851. The van der Waals surface area contributed by atoms with Gasteiger partial charge in [-0.3, -0.25) is 0 Å². The summed E-state index contributed by atoms with van der Waals surface area (Å²) in [5, 5.41) is 6.06. The average Bonchev–Trinajstić information content (AvgIpc) is 2.77. The maximum absolute atomic E-state index is 12.5. The first-order valence-electron chi connectivity index (χ1n) is 12.2. The van der Waals surface area contributed by atoms with Crippen LogP contribution < -0.4 is 10.6 Å². The monoisotopic (exact) mass is 532 g/mol. The maximum Gasteiger partial charge on any atom is 0.407 e. The summed E-state index contributed by atoms with van der Waals surface area (Å²) in [5.74, 6) is 1.38. The van der Waals surface area contributed by atoms with Crippen LogP contribution in [0.25, 0.3) is 0 Å². The van der Waals surface area contributed by atoms with E-state index in [0.29, 0.717) is 24.3 Å². The van der Waals surface area contributed by atoms with Gasteiger partial charge in [-0.15, -0.1) is 23.5 Å². The fraction of sp³-hybridized carbons (Fsp3) is 0.500. The van der Waals surface area contributed by atoms with Gasteiger partial charge in [-0.05, 0) is 78.6 Å². The lowest BCUT2D eigenvalue weighted by Gasteiger charge is -2.26. The van der Waals surface area contributed by atoms with Crippen molar-refractivity contribution in [3.63, 3.8) is 0 Å². The molecule has 0 fully saturated rings. The summed E-state index contributed by atoms with van der Waals surface area (Å²) < 4.78 is 11.0. The molecule has 6 nitrogen and oxygen atoms in total. The van der Waals surface area contributed by atoms with Gasteiger partial charge in [0.15, 0.2) is 0 Å². The Morgan fingerprint density at radius 2 is 1.00 bits per heavy atom. The van der Waals surface area contributed by atoms with Gasteiger partial charge in [0.25, 0.3) is 0 Å². The summed E-state index contributed by atoms with van der Waals surface area (Å²) in [7, 11) is 0. The van der Waals surface area contributed by atoms with E-state index in [1.807, 2.05) is 77.9 Å². The zero-order valence-electron chi connectivity index (χ0n) is 22.2. The van der Waals surface area contributed by atoms with Gasteiger partial charge < -0.3 is 20.1 Å². The van der Waals surface area contributed by atoms with Crippen LogP contribution in [0.5, 0.6) is 0 Å². The molecule has 2 N–H and O–H groups in total. The number of amides is 2. The molecule has 8 heteroatoms. The highest BCUT2D eigenvalue weighted by Gasteiger charge is 2.23. The topological polar surface area (TPSA) is 76.7 Å². The molecule has 0 saturated carbocycles. The van der Waals surface area contributed by atoms with E-state index < -0.39 is 23.4 Å². The van der Waals surface area contributed by atoms with Crippen LogP contribution in [0.15, 0.2) is 70.5 Å². The van der Waals surface area contributed by atoms with Crippen molar-refractivity contribution in [3.8, 4) is 0 Å². The highest BCUT2D eigenvalue weighted by atomic mass is 32.2. The number of hydrogen-bond acceptors (Lipinski definition) is 6. The number of rotatable bonds is 11. The predicted molar refractivity (Wildman–Crippen MR) is 150 cm³/mol. The SMILES string of the molecule is CC(C)(C)OC(=O)N[C@H](CC[C@H](CSc1ccccc1)NC(=O)OC(C)(C)C)CSc1ccccc1. The molecule has 0 radical (unpaired) electrons. The highest BCUT2D eigenvalue weighted by molar-refractivity contribution is 7.99. The fourth-order valence-corrected chi connectivity index (χ4v) is 5.16. The van der Waals surface area contributed by atoms with Crippen molar-refractivity contribution in [2.45, 2.75) is 87.5 Å². The number of carbonyl (C=O) groups is 2. The molecule has 2 rings (SSSR count). The number of carbonyl (C=O) groups excluding carboxylic acids is 2. The Morgan fingerprint density at radius 3 is 1.31 bits per heavy atom. The van der Waals surface area contributed by atoms with Crippen molar-refractivity contribution in [3.05, 3.63) is 60.7 Å². The van der Waals surface area contributed by atoms with Crippen molar-refractivity contribution in [2.75, 3.05) is 11.5 Å². The second kappa shape index (κ2) is 14.4. The second-order valence-electron chi connectivity index (χ2n) is 10.5. The summed E-state index contributed by atoms with van der Waals surface area (Å²) in [5.41, 5.74) is -1.15. The van der Waals surface area contributed by atoms with Gasteiger partial charge in [0.2, 0.25) is 0 Å². The molecule has 0 aliphatic heterocycles. The zero-order chi connectivity index (χ0) is 26.6. The average molecular weight is 533 g/mol. The second-order valence-corrected chi connectivity index (χ2v) is 12.7. The van der Waals surface area contributed by atoms with Gasteiger partial charge in [-0.1, -0.05) is 36.4 Å². The third-order valence-electron chi connectivity index (χ3n) is 4.69. The van der Waals surface area contributed by atoms with Crippen molar-refractivity contribution in [2.24, 2.45) is 0 Å². The van der Waals surface area contributed by atoms with Crippen LogP contribution in [0.4, 0.5) is 9.59 Å². The standard InChI is InChI=1S/C28H40N2O4S2/c1-27(2,3)33-25(31)29-21(19-35-23-13-9-7-10-14-23)17-18-22(30-26(32)34-28(4,5)6)20-36-24-15-11-8-12-16-24/h7-16,21-22H,17-20H2,1-6H3,(H,29,31)(H,30,32)/t21-,22-/m1/s1. The molecule has 2 aromatic carbocycles. The number of benzene rings is 2. The fourth-order valence-electron chi connectivity index (χ4n) is 3.17. The molecule has 0 spiro atoms. The van der Waals surface area contributed by atoms with Crippen LogP contribution in [0.1, 0.15) is 54.4 Å². The molecule has 36 heavy (non-hydrogen) atoms. The lowest BCUT2D eigenvalue weighted by molar-refractivity contribution is 0.0482. The zero-order valence-corrected chi connectivity index (χ0v) is 23.8. The Kier molecular flexibility index (Phi) is 12.0. The van der Waals surface area contributed by atoms with Crippen LogP contribution in [-0.4, -0.2) is 47.0 Å². The van der Waals surface area contributed by atoms with Crippen LogP contribution >= 0.6 is 23.5 Å². The van der Waals surface area contributed by atoms with E-state index in [1.54, 1.807) is 23.5 Å². The summed E-state index contributed by atoms with van der Waals surface area (Å²) in [6, 6.07) is 19.9. The van der Waals surface area contributed by atoms with Gasteiger partial charge in [0.05, 0.1) is 0 Å². The van der Waals surface area contributed by atoms with Crippen LogP contribution in [0.3, 0.4) is 0 Å². The predicted octanol–water partition coefficient (Wildman–Crippen LogP) is 7.14. The molecular weight excluding hydrogens is 492 g/mol. The normalized spacial score (nSPS) is 13.4. The van der Waals surface area contributed by atoms with Gasteiger partial charge in [-0.2, -0.15) is 0 Å². The Balaban J connectivity index is 2.06. The molecule has 0 aromatic heterocycles. The van der Waals surface area contributed by atoms with Crippen LogP contribution in [-0.2, 0) is 9.47 Å². The number of thioether (sulfide) groups is 2. The first-order valence-corrected chi connectivity index (χ1v) is 14.2. The van der Waals surface area contributed by atoms with E-state index in [1.165, 1.54) is 0 Å². The molecule has 0 unspecified atom stereocenters. The van der Waals surface area contributed by atoms with E-state index in [2.05, 4.69) is 34.9 Å². The summed E-state index contributed by atoms with van der Waals surface area (Å²) in [6.07, 6.45) is 0.483. The first kappa shape index (κ1) is 29.9. The van der Waals surface area contributed by atoms with Crippen LogP contribution in [0.2, 0.25) is 0 Å². The summed E-state index contributed by atoms with van der Waals surface area (Å²) >= 11 is 3.37. The minimum Gasteiger partial charge on any atom is -0.444 e. The molecule has 2 amide bonds. The van der Waals surface area contributed by atoms with E-state index in [4.69, 9.17) is 9.47 Å². The Morgan fingerprint density at radius 1 is 0.667 bits per heavy atom. The Labute approximate surface area is 224 Å². The molecule has 0 saturated heterocycles. The lowest BCUT2D eigenvalue weighted by atomic mass is 10.1. The van der Waals surface area contributed by atoms with Gasteiger partial charge >= 0.3 is 12.2 Å². The van der Waals surface area contributed by atoms with Crippen molar-refractivity contribution < 1.29 is 19.1 Å². The first-order chi connectivity index (χ1) is 16.9. The third-order valence-corrected chi connectivity index (χ3v) is 7.04. The van der Waals surface area contributed by atoms with Gasteiger partial charge in [-0.25, -0.2) is 9.59 Å². The number of hydrogen-bond donors (Lipinski definition) is 2. The Hall–Kier alpha value is -2.32.